The van der Waals surface area contributed by atoms with E-state index in [1.165, 1.54) is 30.5 Å². The van der Waals surface area contributed by atoms with E-state index in [1.807, 2.05) is 0 Å². The van der Waals surface area contributed by atoms with Gasteiger partial charge >= 0.3 is 0 Å². The van der Waals surface area contributed by atoms with Crippen LogP contribution in [0.4, 0.5) is 5.69 Å². The number of nitrogens with one attached hydrogen (secondary N) is 2. The van der Waals surface area contributed by atoms with Crippen molar-refractivity contribution >= 4 is 5.69 Å². The molecule has 2 aliphatic rings. The third-order valence-electron chi connectivity index (χ3n) is 4.15. The molecule has 0 bridgehead atoms. The predicted molar refractivity (Wildman–Crippen MR) is 78.8 cm³/mol. The van der Waals surface area contributed by atoms with Crippen molar-refractivity contribution in [2.45, 2.75) is 44.7 Å². The van der Waals surface area contributed by atoms with Crippen molar-refractivity contribution in [3.63, 3.8) is 0 Å². The molecule has 1 fully saturated rings. The number of benzene rings is 1. The molecule has 2 atom stereocenters. The van der Waals surface area contributed by atoms with Crippen LogP contribution < -0.4 is 10.6 Å². The fourth-order valence-electron chi connectivity index (χ4n) is 3.20. The minimum Gasteiger partial charge on any atom is -0.383 e. The Morgan fingerprint density at radius 2 is 2.26 bits per heavy atom. The van der Waals surface area contributed by atoms with Crippen molar-refractivity contribution in [2.24, 2.45) is 0 Å². The number of ether oxygens (including phenoxy) is 1. The standard InChI is InChI=1S/C16H24N2O/c1-12(9-16-11-19-8-7-17-16)18-15-6-5-13-3-2-4-14(13)10-15/h5-6,10,12,16-18H,2-4,7-9,11H2,1H3. The summed E-state index contributed by atoms with van der Waals surface area (Å²) in [5, 5.41) is 7.14. The maximum atomic E-state index is 5.50. The van der Waals surface area contributed by atoms with Gasteiger partial charge < -0.3 is 15.4 Å². The van der Waals surface area contributed by atoms with Gasteiger partial charge in [-0.25, -0.2) is 0 Å². The zero-order valence-corrected chi connectivity index (χ0v) is 11.7. The molecule has 0 saturated carbocycles. The number of anilines is 1. The average Bonchev–Trinajstić information content (AvgIpc) is 2.87. The molecule has 0 aromatic heterocycles. The van der Waals surface area contributed by atoms with Crippen LogP contribution in [0.15, 0.2) is 18.2 Å². The molecule has 104 valence electrons. The normalized spacial score (nSPS) is 23.9. The van der Waals surface area contributed by atoms with Gasteiger partial charge in [-0.2, -0.15) is 0 Å². The molecule has 19 heavy (non-hydrogen) atoms. The Kier molecular flexibility index (Phi) is 4.04. The molecule has 0 radical (unpaired) electrons. The van der Waals surface area contributed by atoms with E-state index < -0.39 is 0 Å². The third kappa shape index (κ3) is 3.28. The highest BCUT2D eigenvalue weighted by Crippen LogP contribution is 2.25. The Bertz CT molecular complexity index is 427. The highest BCUT2D eigenvalue weighted by molar-refractivity contribution is 5.50. The quantitative estimate of drug-likeness (QED) is 0.872. The first-order valence-electron chi connectivity index (χ1n) is 7.51. The van der Waals surface area contributed by atoms with Gasteiger partial charge in [0.2, 0.25) is 0 Å². The topological polar surface area (TPSA) is 33.3 Å². The molecular formula is C16H24N2O. The molecule has 2 N–H and O–H groups in total. The van der Waals surface area contributed by atoms with Gasteiger partial charge in [-0.3, -0.25) is 0 Å². The first-order chi connectivity index (χ1) is 9.31. The maximum absolute atomic E-state index is 5.50. The Morgan fingerprint density at radius 3 is 3.11 bits per heavy atom. The van der Waals surface area contributed by atoms with E-state index in [0.717, 1.165) is 26.2 Å². The van der Waals surface area contributed by atoms with Gasteiger partial charge in [0, 0.05) is 24.3 Å². The number of hydrogen-bond donors (Lipinski definition) is 2. The van der Waals surface area contributed by atoms with Crippen LogP contribution in [-0.4, -0.2) is 31.8 Å². The van der Waals surface area contributed by atoms with Crippen LogP contribution in [0.2, 0.25) is 0 Å². The lowest BCUT2D eigenvalue weighted by Crippen LogP contribution is -2.43. The SMILES string of the molecule is CC(CC1COCCN1)Nc1ccc2c(c1)CCC2. The van der Waals surface area contributed by atoms with Gasteiger partial charge in [-0.1, -0.05) is 6.07 Å². The minimum absolute atomic E-state index is 0.471. The summed E-state index contributed by atoms with van der Waals surface area (Å²) in [6.45, 7) is 4.93. The van der Waals surface area contributed by atoms with Crippen molar-refractivity contribution in [3.8, 4) is 0 Å². The van der Waals surface area contributed by atoms with Crippen LogP contribution in [0.3, 0.4) is 0 Å². The van der Waals surface area contributed by atoms with Crippen LogP contribution in [0.25, 0.3) is 0 Å². The molecular weight excluding hydrogens is 236 g/mol. The molecule has 1 aromatic carbocycles. The van der Waals surface area contributed by atoms with Crippen LogP contribution >= 0.6 is 0 Å². The van der Waals surface area contributed by atoms with E-state index in [2.05, 4.69) is 35.8 Å². The molecule has 1 aliphatic heterocycles. The molecule has 0 spiro atoms. The molecule has 3 rings (SSSR count). The van der Waals surface area contributed by atoms with E-state index in [0.29, 0.717) is 12.1 Å². The van der Waals surface area contributed by atoms with Gasteiger partial charge in [-0.05, 0) is 55.9 Å². The van der Waals surface area contributed by atoms with Crippen LogP contribution in [-0.2, 0) is 17.6 Å². The number of hydrogen-bond acceptors (Lipinski definition) is 3. The lowest BCUT2D eigenvalue weighted by Gasteiger charge is -2.27. The summed E-state index contributed by atoms with van der Waals surface area (Å²) < 4.78 is 5.50. The third-order valence-corrected chi connectivity index (χ3v) is 4.15. The number of morpholine rings is 1. The second-order valence-electron chi connectivity index (χ2n) is 5.84. The number of rotatable bonds is 4. The lowest BCUT2D eigenvalue weighted by atomic mass is 10.1. The van der Waals surface area contributed by atoms with E-state index in [4.69, 9.17) is 4.74 Å². The van der Waals surface area contributed by atoms with Crippen LogP contribution in [0.5, 0.6) is 0 Å². The first kappa shape index (κ1) is 12.9. The predicted octanol–water partition coefficient (Wildman–Crippen LogP) is 2.35. The molecule has 0 amide bonds. The molecule has 1 saturated heterocycles. The molecule has 2 unspecified atom stereocenters. The van der Waals surface area contributed by atoms with Crippen LogP contribution in [0, 0.1) is 0 Å². The smallest absolute Gasteiger partial charge is 0.0621 e. The summed E-state index contributed by atoms with van der Waals surface area (Å²) in [6, 6.07) is 7.82. The Hall–Kier alpha value is -1.06. The van der Waals surface area contributed by atoms with E-state index >= 15 is 0 Å². The summed E-state index contributed by atoms with van der Waals surface area (Å²) in [5.41, 5.74) is 4.35. The van der Waals surface area contributed by atoms with Crippen molar-refractivity contribution in [3.05, 3.63) is 29.3 Å². The zero-order valence-electron chi connectivity index (χ0n) is 11.7. The Balaban J connectivity index is 1.55. The van der Waals surface area contributed by atoms with Gasteiger partial charge in [0.15, 0.2) is 0 Å². The van der Waals surface area contributed by atoms with Crippen molar-refractivity contribution < 1.29 is 4.74 Å². The fourth-order valence-corrected chi connectivity index (χ4v) is 3.20. The monoisotopic (exact) mass is 260 g/mol. The van der Waals surface area contributed by atoms with Crippen molar-refractivity contribution in [1.29, 1.82) is 0 Å². The van der Waals surface area contributed by atoms with Crippen molar-refractivity contribution in [1.82, 2.24) is 5.32 Å². The molecule has 3 nitrogen and oxygen atoms in total. The summed E-state index contributed by atoms with van der Waals surface area (Å²) >= 11 is 0. The van der Waals surface area contributed by atoms with Gasteiger partial charge in [-0.15, -0.1) is 0 Å². The maximum Gasteiger partial charge on any atom is 0.0621 e. The zero-order chi connectivity index (χ0) is 13.1. The largest absolute Gasteiger partial charge is 0.383 e. The summed E-state index contributed by atoms with van der Waals surface area (Å²) in [7, 11) is 0. The van der Waals surface area contributed by atoms with Gasteiger partial charge in [0.1, 0.15) is 0 Å². The first-order valence-corrected chi connectivity index (χ1v) is 7.51. The van der Waals surface area contributed by atoms with Gasteiger partial charge in [0.25, 0.3) is 0 Å². The molecule has 3 heteroatoms. The molecule has 1 heterocycles. The number of fused-ring (bicyclic) bond motifs is 1. The minimum atomic E-state index is 0.471. The highest BCUT2D eigenvalue weighted by atomic mass is 16.5. The van der Waals surface area contributed by atoms with Crippen molar-refractivity contribution in [2.75, 3.05) is 25.1 Å². The Labute approximate surface area is 115 Å². The number of aryl methyl sites for hydroxylation is 2. The second kappa shape index (κ2) is 5.93. The Morgan fingerprint density at radius 1 is 1.37 bits per heavy atom. The van der Waals surface area contributed by atoms with Crippen LogP contribution in [0.1, 0.15) is 30.9 Å². The highest BCUT2D eigenvalue weighted by Gasteiger charge is 2.17. The van der Waals surface area contributed by atoms with E-state index in [-0.39, 0.29) is 0 Å². The van der Waals surface area contributed by atoms with E-state index in [9.17, 15) is 0 Å². The summed E-state index contributed by atoms with van der Waals surface area (Å²) in [4.78, 5) is 0. The average molecular weight is 260 g/mol. The van der Waals surface area contributed by atoms with E-state index in [1.54, 1.807) is 5.56 Å². The summed E-state index contributed by atoms with van der Waals surface area (Å²) in [6.07, 6.45) is 4.93. The second-order valence-corrected chi connectivity index (χ2v) is 5.84. The molecule has 1 aromatic rings. The van der Waals surface area contributed by atoms with Gasteiger partial charge in [0.05, 0.1) is 13.2 Å². The lowest BCUT2D eigenvalue weighted by molar-refractivity contribution is 0.0731. The fraction of sp³-hybridized carbons (Fsp3) is 0.625. The summed E-state index contributed by atoms with van der Waals surface area (Å²) in [5.74, 6) is 0. The molecule has 1 aliphatic carbocycles.